The third-order valence-electron chi connectivity index (χ3n) is 2.89. The standard InChI is InChI=1S/C14H18N2S/c1-3-13-10(2)17-14(16-13)9-12(15)11-7-5-4-6-8-11/h4-8,12H,3,9,15H2,1-2H3. The van der Waals surface area contributed by atoms with E-state index in [1.165, 1.54) is 16.1 Å². The second-order valence-electron chi connectivity index (χ2n) is 4.19. The number of hydrogen-bond donors (Lipinski definition) is 1. The van der Waals surface area contributed by atoms with Crippen molar-refractivity contribution in [1.82, 2.24) is 4.98 Å². The number of nitrogens with zero attached hydrogens (tertiary/aromatic N) is 1. The van der Waals surface area contributed by atoms with Gasteiger partial charge in [0.2, 0.25) is 0 Å². The van der Waals surface area contributed by atoms with Crippen LogP contribution in [0.3, 0.4) is 0 Å². The summed E-state index contributed by atoms with van der Waals surface area (Å²) in [5.41, 5.74) is 8.59. The van der Waals surface area contributed by atoms with Crippen LogP contribution in [-0.4, -0.2) is 4.98 Å². The van der Waals surface area contributed by atoms with E-state index in [2.05, 4.69) is 31.0 Å². The molecule has 90 valence electrons. The molecule has 1 aromatic carbocycles. The van der Waals surface area contributed by atoms with Gasteiger partial charge in [-0.3, -0.25) is 0 Å². The van der Waals surface area contributed by atoms with Gasteiger partial charge in [0.15, 0.2) is 0 Å². The molecule has 0 amide bonds. The van der Waals surface area contributed by atoms with Crippen molar-refractivity contribution in [3.05, 3.63) is 51.5 Å². The average molecular weight is 246 g/mol. The molecule has 2 nitrogen and oxygen atoms in total. The van der Waals surface area contributed by atoms with E-state index in [-0.39, 0.29) is 6.04 Å². The first kappa shape index (κ1) is 12.3. The van der Waals surface area contributed by atoms with E-state index in [9.17, 15) is 0 Å². The Labute approximate surface area is 107 Å². The zero-order chi connectivity index (χ0) is 12.3. The molecule has 3 heteroatoms. The highest BCUT2D eigenvalue weighted by Gasteiger charge is 2.11. The predicted molar refractivity (Wildman–Crippen MR) is 73.3 cm³/mol. The summed E-state index contributed by atoms with van der Waals surface area (Å²) >= 11 is 1.77. The van der Waals surface area contributed by atoms with Gasteiger partial charge in [-0.05, 0) is 18.9 Å². The number of hydrogen-bond acceptors (Lipinski definition) is 3. The molecule has 17 heavy (non-hydrogen) atoms. The second-order valence-corrected chi connectivity index (χ2v) is 5.47. The number of nitrogens with two attached hydrogens (primary N) is 1. The summed E-state index contributed by atoms with van der Waals surface area (Å²) in [5.74, 6) is 0. The first-order valence-corrected chi connectivity index (χ1v) is 6.78. The van der Waals surface area contributed by atoms with Crippen LogP contribution in [0, 0.1) is 6.92 Å². The maximum Gasteiger partial charge on any atom is 0.0949 e. The molecular weight excluding hydrogens is 228 g/mol. The van der Waals surface area contributed by atoms with Crippen molar-refractivity contribution in [3.63, 3.8) is 0 Å². The zero-order valence-electron chi connectivity index (χ0n) is 10.3. The third-order valence-corrected chi connectivity index (χ3v) is 3.93. The van der Waals surface area contributed by atoms with E-state index in [0.717, 1.165) is 17.8 Å². The molecular formula is C14H18N2S. The summed E-state index contributed by atoms with van der Waals surface area (Å²) in [5, 5.41) is 1.15. The molecule has 2 N–H and O–H groups in total. The minimum Gasteiger partial charge on any atom is -0.324 e. The van der Waals surface area contributed by atoms with Crippen LogP contribution in [0.15, 0.2) is 30.3 Å². The molecule has 0 saturated carbocycles. The quantitative estimate of drug-likeness (QED) is 0.899. The first-order chi connectivity index (χ1) is 8.20. The van der Waals surface area contributed by atoms with E-state index >= 15 is 0 Å². The summed E-state index contributed by atoms with van der Waals surface area (Å²) in [6.07, 6.45) is 1.83. The molecule has 0 fully saturated rings. The lowest BCUT2D eigenvalue weighted by atomic mass is 10.1. The maximum absolute atomic E-state index is 6.19. The van der Waals surface area contributed by atoms with Gasteiger partial charge in [-0.15, -0.1) is 11.3 Å². The molecule has 1 atom stereocenters. The molecule has 1 heterocycles. The van der Waals surface area contributed by atoms with Gasteiger partial charge in [0, 0.05) is 17.3 Å². The van der Waals surface area contributed by atoms with Crippen LogP contribution in [0.1, 0.15) is 34.1 Å². The van der Waals surface area contributed by atoms with Gasteiger partial charge < -0.3 is 5.73 Å². The van der Waals surface area contributed by atoms with E-state index < -0.39 is 0 Å². The lowest BCUT2D eigenvalue weighted by molar-refractivity contribution is 0.715. The number of aromatic nitrogens is 1. The summed E-state index contributed by atoms with van der Waals surface area (Å²) in [6.45, 7) is 4.27. The van der Waals surface area contributed by atoms with Gasteiger partial charge in [0.1, 0.15) is 0 Å². The Morgan fingerprint density at radius 1 is 1.29 bits per heavy atom. The van der Waals surface area contributed by atoms with E-state index in [1.807, 2.05) is 18.2 Å². The third kappa shape index (κ3) is 2.93. The van der Waals surface area contributed by atoms with Crippen molar-refractivity contribution >= 4 is 11.3 Å². The Balaban J connectivity index is 2.10. The zero-order valence-corrected chi connectivity index (χ0v) is 11.1. The largest absolute Gasteiger partial charge is 0.324 e. The van der Waals surface area contributed by atoms with Crippen molar-refractivity contribution in [2.75, 3.05) is 0 Å². The van der Waals surface area contributed by atoms with E-state index in [4.69, 9.17) is 5.73 Å². The van der Waals surface area contributed by atoms with Crippen LogP contribution in [0.5, 0.6) is 0 Å². The number of benzene rings is 1. The summed E-state index contributed by atoms with van der Waals surface area (Å²) in [4.78, 5) is 5.95. The van der Waals surface area contributed by atoms with Gasteiger partial charge in [0.25, 0.3) is 0 Å². The van der Waals surface area contributed by atoms with Gasteiger partial charge in [-0.1, -0.05) is 37.3 Å². The summed E-state index contributed by atoms with van der Waals surface area (Å²) < 4.78 is 0. The Hall–Kier alpha value is -1.19. The summed E-state index contributed by atoms with van der Waals surface area (Å²) in [6, 6.07) is 10.3. The van der Waals surface area contributed by atoms with Crippen LogP contribution < -0.4 is 5.73 Å². The number of thiazole rings is 1. The minimum atomic E-state index is 0.0476. The molecule has 0 radical (unpaired) electrons. The fourth-order valence-electron chi connectivity index (χ4n) is 1.91. The van der Waals surface area contributed by atoms with Crippen molar-refractivity contribution < 1.29 is 0 Å². The number of aryl methyl sites for hydroxylation is 2. The van der Waals surface area contributed by atoms with Crippen LogP contribution >= 0.6 is 11.3 Å². The SMILES string of the molecule is CCc1nc(CC(N)c2ccccc2)sc1C. The fraction of sp³-hybridized carbons (Fsp3) is 0.357. The molecule has 1 unspecified atom stereocenters. The molecule has 1 aromatic heterocycles. The number of rotatable bonds is 4. The highest BCUT2D eigenvalue weighted by molar-refractivity contribution is 7.11. The topological polar surface area (TPSA) is 38.9 Å². The first-order valence-electron chi connectivity index (χ1n) is 5.96. The monoisotopic (exact) mass is 246 g/mol. The Kier molecular flexibility index (Phi) is 3.92. The Morgan fingerprint density at radius 2 is 2.00 bits per heavy atom. The molecule has 0 aliphatic carbocycles. The predicted octanol–water partition coefficient (Wildman–Crippen LogP) is 3.26. The minimum absolute atomic E-state index is 0.0476. The van der Waals surface area contributed by atoms with Gasteiger partial charge in [-0.25, -0.2) is 4.98 Å². The maximum atomic E-state index is 6.19. The second kappa shape index (κ2) is 5.43. The van der Waals surface area contributed by atoms with Gasteiger partial charge in [0.05, 0.1) is 10.7 Å². The molecule has 2 rings (SSSR count). The van der Waals surface area contributed by atoms with E-state index in [1.54, 1.807) is 11.3 Å². The highest BCUT2D eigenvalue weighted by atomic mass is 32.1. The molecule has 0 aliphatic heterocycles. The lowest BCUT2D eigenvalue weighted by Crippen LogP contribution is -2.13. The summed E-state index contributed by atoms with van der Waals surface area (Å²) in [7, 11) is 0. The Bertz CT molecular complexity index is 476. The van der Waals surface area contributed by atoms with E-state index in [0.29, 0.717) is 0 Å². The average Bonchev–Trinajstić information content (AvgIpc) is 2.70. The van der Waals surface area contributed by atoms with Crippen LogP contribution in [0.4, 0.5) is 0 Å². The van der Waals surface area contributed by atoms with Crippen LogP contribution in [0.2, 0.25) is 0 Å². The Morgan fingerprint density at radius 3 is 2.59 bits per heavy atom. The normalized spacial score (nSPS) is 12.6. The van der Waals surface area contributed by atoms with Crippen molar-refractivity contribution in [2.24, 2.45) is 5.73 Å². The molecule has 0 bridgehead atoms. The van der Waals surface area contributed by atoms with Gasteiger partial charge >= 0.3 is 0 Å². The molecule has 0 aliphatic rings. The van der Waals surface area contributed by atoms with Crippen molar-refractivity contribution in [1.29, 1.82) is 0 Å². The smallest absolute Gasteiger partial charge is 0.0949 e. The lowest BCUT2D eigenvalue weighted by Gasteiger charge is -2.09. The fourth-order valence-corrected chi connectivity index (χ4v) is 2.99. The van der Waals surface area contributed by atoms with Gasteiger partial charge in [-0.2, -0.15) is 0 Å². The van der Waals surface area contributed by atoms with Crippen LogP contribution in [0.25, 0.3) is 0 Å². The highest BCUT2D eigenvalue weighted by Crippen LogP contribution is 2.22. The van der Waals surface area contributed by atoms with Crippen molar-refractivity contribution in [3.8, 4) is 0 Å². The van der Waals surface area contributed by atoms with Crippen LogP contribution in [-0.2, 0) is 12.8 Å². The van der Waals surface area contributed by atoms with Crippen molar-refractivity contribution in [2.45, 2.75) is 32.7 Å². The molecule has 0 spiro atoms. The molecule has 2 aromatic rings. The molecule has 0 saturated heterocycles.